The zero-order valence-corrected chi connectivity index (χ0v) is 17.0. The van der Waals surface area contributed by atoms with Crippen LogP contribution in [0.5, 0.6) is 17.2 Å². The van der Waals surface area contributed by atoms with Crippen LogP contribution < -0.4 is 19.4 Å². The van der Waals surface area contributed by atoms with Crippen LogP contribution in [0.15, 0.2) is 72.5 Å². The SMILES string of the molecule is CCOc1ccccc1C=C1Oc2cc(OC(=O)c3cccc([NH+]([O-])O)c3)ccc2C1=O. The van der Waals surface area contributed by atoms with Gasteiger partial charge in [-0.2, -0.15) is 5.23 Å². The number of ketones is 1. The first kappa shape index (κ1) is 21.3. The van der Waals surface area contributed by atoms with Crippen molar-refractivity contribution in [2.45, 2.75) is 6.92 Å². The highest BCUT2D eigenvalue weighted by atomic mass is 16.8. The van der Waals surface area contributed by atoms with Gasteiger partial charge in [0.1, 0.15) is 17.2 Å². The van der Waals surface area contributed by atoms with Gasteiger partial charge in [0.05, 0.1) is 17.7 Å². The van der Waals surface area contributed by atoms with Crippen molar-refractivity contribution in [3.8, 4) is 17.2 Å². The quantitative estimate of drug-likeness (QED) is 0.266. The molecule has 1 aliphatic heterocycles. The number of hydrogen-bond acceptors (Lipinski definition) is 7. The number of carbonyl (C=O) groups is 2. The Hall–Kier alpha value is -3.98. The van der Waals surface area contributed by atoms with E-state index in [1.165, 1.54) is 42.5 Å². The Kier molecular flexibility index (Phi) is 6.00. The fourth-order valence-electron chi connectivity index (χ4n) is 3.20. The lowest BCUT2D eigenvalue weighted by atomic mass is 10.1. The van der Waals surface area contributed by atoms with Gasteiger partial charge < -0.3 is 19.4 Å². The number of benzene rings is 3. The molecule has 0 fully saturated rings. The fraction of sp³-hybridized carbons (Fsp3) is 0.0833. The highest BCUT2D eigenvalue weighted by molar-refractivity contribution is 6.14. The molecule has 0 amide bonds. The van der Waals surface area contributed by atoms with Crippen LogP contribution in [0.2, 0.25) is 0 Å². The van der Waals surface area contributed by atoms with Crippen molar-refractivity contribution in [1.82, 2.24) is 0 Å². The Balaban J connectivity index is 1.55. The van der Waals surface area contributed by atoms with E-state index < -0.39 is 11.2 Å². The van der Waals surface area contributed by atoms with E-state index in [1.807, 2.05) is 25.1 Å². The monoisotopic (exact) mass is 433 g/mol. The van der Waals surface area contributed by atoms with Crippen LogP contribution in [0.4, 0.5) is 5.69 Å². The summed E-state index contributed by atoms with van der Waals surface area (Å²) >= 11 is 0. The summed E-state index contributed by atoms with van der Waals surface area (Å²) in [4.78, 5) is 25.1. The zero-order valence-electron chi connectivity index (χ0n) is 17.0. The average Bonchev–Trinajstić information content (AvgIpc) is 3.10. The lowest BCUT2D eigenvalue weighted by molar-refractivity contribution is -0.991. The topological polar surface area (TPSA) is 110 Å². The van der Waals surface area contributed by atoms with Gasteiger partial charge in [-0.3, -0.25) is 4.79 Å². The highest BCUT2D eigenvalue weighted by Gasteiger charge is 2.28. The summed E-state index contributed by atoms with van der Waals surface area (Å²) in [5.74, 6) is 0.174. The van der Waals surface area contributed by atoms with Crippen molar-refractivity contribution >= 4 is 23.5 Å². The zero-order chi connectivity index (χ0) is 22.7. The van der Waals surface area contributed by atoms with Crippen LogP contribution in [0, 0.1) is 5.21 Å². The lowest BCUT2D eigenvalue weighted by Gasteiger charge is -2.12. The predicted octanol–water partition coefficient (Wildman–Crippen LogP) is 3.32. The number of rotatable bonds is 6. The van der Waals surface area contributed by atoms with Crippen LogP contribution in [0.3, 0.4) is 0 Å². The molecular weight excluding hydrogens is 414 g/mol. The van der Waals surface area contributed by atoms with Crippen molar-refractivity contribution in [2.75, 3.05) is 6.61 Å². The van der Waals surface area contributed by atoms with Crippen LogP contribution in [0.1, 0.15) is 33.2 Å². The van der Waals surface area contributed by atoms with Crippen molar-refractivity contribution in [2.24, 2.45) is 0 Å². The Morgan fingerprint density at radius 1 is 1.12 bits per heavy atom. The highest BCUT2D eigenvalue weighted by Crippen LogP contribution is 2.36. The summed E-state index contributed by atoms with van der Waals surface area (Å²) in [6.07, 6.45) is 1.61. The number of hydrogen-bond donors (Lipinski definition) is 2. The van der Waals surface area contributed by atoms with Crippen LogP contribution in [0.25, 0.3) is 6.08 Å². The summed E-state index contributed by atoms with van der Waals surface area (Å²) in [6, 6.07) is 17.3. The Morgan fingerprint density at radius 3 is 2.72 bits per heavy atom. The molecule has 32 heavy (non-hydrogen) atoms. The minimum absolute atomic E-state index is 0.0237. The van der Waals surface area contributed by atoms with Gasteiger partial charge in [-0.15, -0.1) is 0 Å². The van der Waals surface area contributed by atoms with E-state index in [2.05, 4.69) is 0 Å². The van der Waals surface area contributed by atoms with Gasteiger partial charge in [-0.1, -0.05) is 24.3 Å². The molecule has 1 aliphatic rings. The van der Waals surface area contributed by atoms with Gasteiger partial charge >= 0.3 is 5.97 Å². The molecule has 0 spiro atoms. The Bertz CT molecular complexity index is 1220. The number of nitrogens with one attached hydrogen (secondary N) is 1. The molecule has 1 heterocycles. The Labute approximate surface area is 183 Å². The lowest BCUT2D eigenvalue weighted by Crippen LogP contribution is -2.99. The normalized spacial score (nSPS) is 14.6. The maximum absolute atomic E-state index is 12.7. The molecule has 2 N–H and O–H groups in total. The van der Waals surface area contributed by atoms with Gasteiger partial charge in [-0.05, 0) is 37.3 Å². The molecule has 1 unspecified atom stereocenters. The number of carbonyl (C=O) groups excluding carboxylic acids is 2. The van der Waals surface area contributed by atoms with E-state index in [1.54, 1.807) is 12.1 Å². The number of para-hydroxylation sites is 1. The molecule has 162 valence electrons. The average molecular weight is 433 g/mol. The van der Waals surface area contributed by atoms with Gasteiger partial charge in [0.25, 0.3) is 0 Å². The molecule has 0 radical (unpaired) electrons. The molecule has 0 saturated heterocycles. The molecule has 0 aromatic heterocycles. The second kappa shape index (κ2) is 9.03. The third-order valence-corrected chi connectivity index (χ3v) is 4.70. The van der Waals surface area contributed by atoms with Crippen LogP contribution in [-0.4, -0.2) is 23.6 Å². The fourth-order valence-corrected chi connectivity index (χ4v) is 3.20. The smallest absolute Gasteiger partial charge is 0.343 e. The first-order valence-electron chi connectivity index (χ1n) is 9.82. The molecule has 3 aromatic carbocycles. The van der Waals surface area contributed by atoms with Crippen molar-refractivity contribution in [3.05, 3.63) is 94.4 Å². The number of fused-ring (bicyclic) bond motifs is 1. The van der Waals surface area contributed by atoms with Crippen molar-refractivity contribution < 1.29 is 34.2 Å². The molecule has 3 aromatic rings. The minimum atomic E-state index is -1.14. The third kappa shape index (κ3) is 4.37. The van der Waals surface area contributed by atoms with Crippen molar-refractivity contribution in [3.63, 3.8) is 0 Å². The summed E-state index contributed by atoms with van der Waals surface area (Å²) in [6.45, 7) is 2.36. The Morgan fingerprint density at radius 2 is 1.94 bits per heavy atom. The van der Waals surface area contributed by atoms with Gasteiger partial charge in [-0.25, -0.2) is 10.0 Å². The largest absolute Gasteiger partial charge is 0.595 e. The second-order valence-electron chi connectivity index (χ2n) is 6.84. The number of Topliss-reactive ketones (excluding diaryl/α,β-unsaturated/α-hetero) is 1. The molecule has 8 nitrogen and oxygen atoms in total. The van der Waals surface area contributed by atoms with Gasteiger partial charge in [0.2, 0.25) is 5.78 Å². The van der Waals surface area contributed by atoms with Gasteiger partial charge in [0, 0.05) is 23.8 Å². The maximum Gasteiger partial charge on any atom is 0.343 e. The molecule has 0 bridgehead atoms. The van der Waals surface area contributed by atoms with E-state index in [-0.39, 0.29) is 34.3 Å². The first-order valence-corrected chi connectivity index (χ1v) is 9.82. The van der Waals surface area contributed by atoms with Gasteiger partial charge in [0.15, 0.2) is 11.4 Å². The van der Waals surface area contributed by atoms with E-state index in [0.717, 1.165) is 0 Å². The third-order valence-electron chi connectivity index (χ3n) is 4.70. The van der Waals surface area contributed by atoms with E-state index >= 15 is 0 Å². The second-order valence-corrected chi connectivity index (χ2v) is 6.84. The van der Waals surface area contributed by atoms with Crippen LogP contribution >= 0.6 is 0 Å². The van der Waals surface area contributed by atoms with E-state index in [9.17, 15) is 14.8 Å². The molecule has 8 heteroatoms. The number of allylic oxidation sites excluding steroid dienone is 1. The maximum atomic E-state index is 12.7. The summed E-state index contributed by atoms with van der Waals surface area (Å²) < 4.78 is 16.6. The van der Waals surface area contributed by atoms with E-state index in [4.69, 9.17) is 19.4 Å². The molecule has 1 atom stereocenters. The van der Waals surface area contributed by atoms with E-state index in [0.29, 0.717) is 23.5 Å². The number of ether oxygens (including phenoxy) is 3. The predicted molar refractivity (Wildman–Crippen MR) is 114 cm³/mol. The van der Waals surface area contributed by atoms with Crippen LogP contribution in [-0.2, 0) is 0 Å². The molecule has 4 rings (SSSR count). The van der Waals surface area contributed by atoms with Crippen molar-refractivity contribution in [1.29, 1.82) is 0 Å². The first-order chi connectivity index (χ1) is 15.5. The number of esters is 1. The molecule has 0 aliphatic carbocycles. The minimum Gasteiger partial charge on any atom is -0.595 e. The molecular formula is C24H19NO7. The summed E-state index contributed by atoms with van der Waals surface area (Å²) in [5.41, 5.74) is 1.12. The summed E-state index contributed by atoms with van der Waals surface area (Å²) in [5, 5.41) is 19.0. The standard InChI is InChI=1S/C24H19NO7/c1-2-30-20-9-4-3-6-15(20)13-22-23(26)19-11-10-18(14-21(19)32-22)31-24(27)16-7-5-8-17(12-16)25(28)29/h3-14,25,28H,2H2,1H3. The molecule has 0 saturated carbocycles. The summed E-state index contributed by atoms with van der Waals surface area (Å²) in [7, 11) is 0. The number of quaternary nitrogens is 1.